The molecule has 1 aliphatic rings. The molecule has 0 saturated carbocycles. The van der Waals surface area contributed by atoms with E-state index in [-0.39, 0.29) is 11.9 Å². The van der Waals surface area contributed by atoms with Gasteiger partial charge in [0.2, 0.25) is 0 Å². The molecule has 0 bridgehead atoms. The summed E-state index contributed by atoms with van der Waals surface area (Å²) in [6, 6.07) is 7.91. The highest BCUT2D eigenvalue weighted by molar-refractivity contribution is 7.08. The quantitative estimate of drug-likeness (QED) is 0.934. The molecule has 1 saturated heterocycles. The molecule has 1 aromatic carbocycles. The topological polar surface area (TPSA) is 15.3 Å². The van der Waals surface area contributed by atoms with Crippen molar-refractivity contribution in [3.05, 3.63) is 57.5 Å². The predicted octanol–water partition coefficient (Wildman–Crippen LogP) is 3.19. The van der Waals surface area contributed by atoms with Crippen molar-refractivity contribution in [1.29, 1.82) is 0 Å². The van der Waals surface area contributed by atoms with Crippen LogP contribution in [0.4, 0.5) is 4.39 Å². The molecule has 2 nitrogen and oxygen atoms in total. The van der Waals surface area contributed by atoms with E-state index in [0.717, 1.165) is 31.7 Å². The Bertz CT molecular complexity index is 562. The molecule has 3 rings (SSSR count). The summed E-state index contributed by atoms with van der Waals surface area (Å²) in [5.74, 6) is -0.127. The highest BCUT2D eigenvalue weighted by atomic mass is 32.1. The number of rotatable bonds is 3. The highest BCUT2D eigenvalue weighted by Crippen LogP contribution is 2.31. The van der Waals surface area contributed by atoms with Crippen LogP contribution in [0.2, 0.25) is 0 Å². The summed E-state index contributed by atoms with van der Waals surface area (Å²) in [4.78, 5) is 2.48. The van der Waals surface area contributed by atoms with Crippen LogP contribution >= 0.6 is 11.3 Å². The number of halogens is 1. The molecule has 0 amide bonds. The van der Waals surface area contributed by atoms with E-state index in [0.29, 0.717) is 0 Å². The number of hydrogen-bond acceptors (Lipinski definition) is 3. The number of benzene rings is 1. The summed E-state index contributed by atoms with van der Waals surface area (Å²) in [5.41, 5.74) is 3.21. The second-order valence-electron chi connectivity index (χ2n) is 5.25. The van der Waals surface area contributed by atoms with E-state index in [2.05, 4.69) is 27.0 Å². The molecule has 1 N–H and O–H groups in total. The Morgan fingerprint density at radius 3 is 2.65 bits per heavy atom. The molecule has 0 unspecified atom stereocenters. The van der Waals surface area contributed by atoms with Crippen LogP contribution in [-0.2, 0) is 0 Å². The van der Waals surface area contributed by atoms with Gasteiger partial charge in [-0.15, -0.1) is 0 Å². The SMILES string of the molecule is Cc1cc([C@H](c2ccsc2)N2CCNCC2)ccc1F. The minimum Gasteiger partial charge on any atom is -0.314 e. The van der Waals surface area contributed by atoms with Gasteiger partial charge in [-0.25, -0.2) is 4.39 Å². The van der Waals surface area contributed by atoms with Crippen LogP contribution in [0.3, 0.4) is 0 Å². The zero-order valence-electron chi connectivity index (χ0n) is 11.6. The summed E-state index contributed by atoms with van der Waals surface area (Å²) in [7, 11) is 0. The minimum atomic E-state index is -0.127. The first-order valence-corrected chi connectivity index (χ1v) is 7.93. The lowest BCUT2D eigenvalue weighted by Crippen LogP contribution is -2.45. The van der Waals surface area contributed by atoms with Crippen LogP contribution in [-0.4, -0.2) is 31.1 Å². The largest absolute Gasteiger partial charge is 0.314 e. The molecule has 1 aliphatic heterocycles. The van der Waals surface area contributed by atoms with Gasteiger partial charge in [-0.3, -0.25) is 4.90 Å². The standard InChI is InChI=1S/C16H19FN2S/c1-12-10-13(2-3-15(12)17)16(14-4-9-20-11-14)19-7-5-18-6-8-19/h2-4,9-11,16,18H,5-8H2,1H3/t16-/m1/s1. The number of nitrogens with zero attached hydrogens (tertiary/aromatic N) is 1. The lowest BCUT2D eigenvalue weighted by atomic mass is 9.97. The molecule has 1 aromatic heterocycles. The van der Waals surface area contributed by atoms with Crippen molar-refractivity contribution in [2.75, 3.05) is 26.2 Å². The van der Waals surface area contributed by atoms with Gasteiger partial charge in [-0.2, -0.15) is 11.3 Å². The van der Waals surface area contributed by atoms with Crippen molar-refractivity contribution in [2.24, 2.45) is 0 Å². The summed E-state index contributed by atoms with van der Waals surface area (Å²) in [5, 5.41) is 7.70. The van der Waals surface area contributed by atoms with Gasteiger partial charge in [-0.05, 0) is 46.5 Å². The van der Waals surface area contributed by atoms with Crippen molar-refractivity contribution in [3.8, 4) is 0 Å². The van der Waals surface area contributed by atoms with Gasteiger partial charge in [0.1, 0.15) is 5.82 Å². The molecule has 1 fully saturated rings. The predicted molar refractivity (Wildman–Crippen MR) is 81.7 cm³/mol. The third-order valence-corrected chi connectivity index (χ3v) is 4.57. The van der Waals surface area contributed by atoms with Crippen LogP contribution in [0.25, 0.3) is 0 Å². The molecular weight excluding hydrogens is 271 g/mol. The lowest BCUT2D eigenvalue weighted by molar-refractivity contribution is 0.198. The second kappa shape index (κ2) is 6.04. The summed E-state index contributed by atoms with van der Waals surface area (Å²) >= 11 is 1.72. The Morgan fingerprint density at radius 1 is 1.20 bits per heavy atom. The Balaban J connectivity index is 1.98. The minimum absolute atomic E-state index is 0.127. The first kappa shape index (κ1) is 13.7. The van der Waals surface area contributed by atoms with Crippen LogP contribution in [0.1, 0.15) is 22.7 Å². The van der Waals surface area contributed by atoms with Crippen LogP contribution in [0.15, 0.2) is 35.0 Å². The van der Waals surface area contributed by atoms with Gasteiger partial charge in [0.25, 0.3) is 0 Å². The number of thiophene rings is 1. The Kier molecular flexibility index (Phi) is 4.15. The van der Waals surface area contributed by atoms with E-state index < -0.39 is 0 Å². The Hall–Kier alpha value is -1.23. The molecule has 0 radical (unpaired) electrons. The van der Waals surface area contributed by atoms with Gasteiger partial charge in [0, 0.05) is 26.2 Å². The third-order valence-electron chi connectivity index (χ3n) is 3.87. The van der Waals surface area contributed by atoms with Gasteiger partial charge >= 0.3 is 0 Å². The Morgan fingerprint density at radius 2 is 2.00 bits per heavy atom. The summed E-state index contributed by atoms with van der Waals surface area (Å²) < 4.78 is 13.5. The third kappa shape index (κ3) is 2.77. The fraction of sp³-hybridized carbons (Fsp3) is 0.375. The first-order valence-electron chi connectivity index (χ1n) is 6.98. The van der Waals surface area contributed by atoms with E-state index in [9.17, 15) is 4.39 Å². The maximum Gasteiger partial charge on any atom is 0.126 e. The van der Waals surface area contributed by atoms with Crippen molar-refractivity contribution in [1.82, 2.24) is 10.2 Å². The van der Waals surface area contributed by atoms with Crippen LogP contribution < -0.4 is 5.32 Å². The van der Waals surface area contributed by atoms with Gasteiger partial charge in [0.05, 0.1) is 6.04 Å². The maximum atomic E-state index is 13.5. The number of piperazine rings is 1. The lowest BCUT2D eigenvalue weighted by Gasteiger charge is -2.35. The molecule has 2 aromatic rings. The monoisotopic (exact) mass is 290 g/mol. The van der Waals surface area contributed by atoms with Gasteiger partial charge in [0.15, 0.2) is 0 Å². The zero-order chi connectivity index (χ0) is 13.9. The van der Waals surface area contributed by atoms with E-state index in [1.807, 2.05) is 19.1 Å². The molecule has 0 aliphatic carbocycles. The fourth-order valence-corrected chi connectivity index (χ4v) is 3.50. The molecule has 1 atom stereocenters. The molecule has 106 valence electrons. The molecule has 2 heterocycles. The van der Waals surface area contributed by atoms with E-state index in [1.54, 1.807) is 17.4 Å². The zero-order valence-corrected chi connectivity index (χ0v) is 12.4. The normalized spacial score (nSPS) is 18.1. The average Bonchev–Trinajstić information content (AvgIpc) is 2.98. The molecular formula is C16H19FN2S. The number of nitrogens with one attached hydrogen (secondary N) is 1. The highest BCUT2D eigenvalue weighted by Gasteiger charge is 2.24. The Labute approximate surface area is 123 Å². The van der Waals surface area contributed by atoms with Crippen molar-refractivity contribution >= 4 is 11.3 Å². The molecule has 20 heavy (non-hydrogen) atoms. The molecule has 0 spiro atoms. The summed E-state index contributed by atoms with van der Waals surface area (Å²) in [6.07, 6.45) is 0. The van der Waals surface area contributed by atoms with Gasteiger partial charge < -0.3 is 5.32 Å². The first-order chi connectivity index (χ1) is 9.75. The van der Waals surface area contributed by atoms with E-state index in [1.165, 1.54) is 11.1 Å². The van der Waals surface area contributed by atoms with Crippen molar-refractivity contribution in [3.63, 3.8) is 0 Å². The number of aryl methyl sites for hydroxylation is 1. The van der Waals surface area contributed by atoms with Crippen molar-refractivity contribution in [2.45, 2.75) is 13.0 Å². The van der Waals surface area contributed by atoms with Gasteiger partial charge in [-0.1, -0.05) is 12.1 Å². The fourth-order valence-electron chi connectivity index (χ4n) is 2.82. The molecule has 4 heteroatoms. The second-order valence-corrected chi connectivity index (χ2v) is 6.03. The van der Waals surface area contributed by atoms with E-state index >= 15 is 0 Å². The summed E-state index contributed by atoms with van der Waals surface area (Å²) in [6.45, 7) is 5.91. The van der Waals surface area contributed by atoms with E-state index in [4.69, 9.17) is 0 Å². The van der Waals surface area contributed by atoms with Crippen LogP contribution in [0, 0.1) is 12.7 Å². The van der Waals surface area contributed by atoms with Crippen molar-refractivity contribution < 1.29 is 4.39 Å². The van der Waals surface area contributed by atoms with Crippen LogP contribution in [0.5, 0.6) is 0 Å². The smallest absolute Gasteiger partial charge is 0.126 e. The maximum absolute atomic E-state index is 13.5. The number of hydrogen-bond donors (Lipinski definition) is 1. The average molecular weight is 290 g/mol.